The van der Waals surface area contributed by atoms with Gasteiger partial charge in [-0.15, -0.1) is 0 Å². The van der Waals surface area contributed by atoms with E-state index in [4.69, 9.17) is 5.73 Å². The van der Waals surface area contributed by atoms with E-state index in [1.807, 2.05) is 36.0 Å². The summed E-state index contributed by atoms with van der Waals surface area (Å²) in [6, 6.07) is 7.71. The van der Waals surface area contributed by atoms with Gasteiger partial charge in [-0.1, -0.05) is 24.0 Å². The molecule has 0 aliphatic heterocycles. The zero-order valence-electron chi connectivity index (χ0n) is 11.7. The summed E-state index contributed by atoms with van der Waals surface area (Å²) in [4.78, 5) is 12.4. The van der Waals surface area contributed by atoms with Crippen molar-refractivity contribution in [2.24, 2.45) is 5.73 Å². The van der Waals surface area contributed by atoms with Crippen molar-refractivity contribution in [2.45, 2.75) is 30.6 Å². The number of rotatable bonds is 3. The van der Waals surface area contributed by atoms with Crippen molar-refractivity contribution >= 4 is 17.7 Å². The Labute approximate surface area is 124 Å². The van der Waals surface area contributed by atoms with Gasteiger partial charge in [0.15, 0.2) is 0 Å². The van der Waals surface area contributed by atoms with E-state index in [1.54, 1.807) is 0 Å². The lowest BCUT2D eigenvalue weighted by molar-refractivity contribution is 0.0938. The summed E-state index contributed by atoms with van der Waals surface area (Å²) in [5, 5.41) is 3.80. The Morgan fingerprint density at radius 3 is 2.95 bits per heavy atom. The maximum atomic E-state index is 12.4. The minimum absolute atomic E-state index is 0.0290. The number of nitrogens with one attached hydrogen (secondary N) is 1. The number of hydrogen-bond donors (Lipinski definition) is 2. The van der Waals surface area contributed by atoms with Crippen molar-refractivity contribution in [3.8, 4) is 11.8 Å². The summed E-state index contributed by atoms with van der Waals surface area (Å²) in [5.74, 6) is 5.73. The van der Waals surface area contributed by atoms with Crippen molar-refractivity contribution < 1.29 is 4.79 Å². The molecule has 106 valence electrons. The second-order valence-electron chi connectivity index (χ2n) is 4.89. The van der Waals surface area contributed by atoms with Gasteiger partial charge in [0, 0.05) is 16.9 Å². The van der Waals surface area contributed by atoms with Gasteiger partial charge >= 0.3 is 0 Å². The maximum Gasteiger partial charge on any atom is 0.252 e. The molecule has 2 unspecified atom stereocenters. The third-order valence-electron chi connectivity index (χ3n) is 3.55. The molecule has 0 aromatic heterocycles. The van der Waals surface area contributed by atoms with Crippen LogP contribution in [0.25, 0.3) is 0 Å². The van der Waals surface area contributed by atoms with Crippen LogP contribution in [0, 0.1) is 11.8 Å². The van der Waals surface area contributed by atoms with E-state index in [0.29, 0.717) is 17.4 Å². The first-order chi connectivity index (χ1) is 9.74. The number of benzene rings is 1. The molecule has 0 radical (unpaired) electrons. The molecular weight excluding hydrogens is 268 g/mol. The lowest BCUT2D eigenvalue weighted by atomic mass is 10.1. The zero-order valence-corrected chi connectivity index (χ0v) is 12.5. The smallest absolute Gasteiger partial charge is 0.252 e. The highest BCUT2D eigenvalue weighted by Crippen LogP contribution is 2.28. The summed E-state index contributed by atoms with van der Waals surface area (Å²) in [6.07, 6.45) is 5.44. The Kier molecular flexibility index (Phi) is 5.51. The summed E-state index contributed by atoms with van der Waals surface area (Å²) < 4.78 is 0. The molecule has 0 spiro atoms. The van der Waals surface area contributed by atoms with Crippen LogP contribution in [-0.2, 0) is 0 Å². The number of amides is 1. The highest BCUT2D eigenvalue weighted by molar-refractivity contribution is 7.99. The second-order valence-corrected chi connectivity index (χ2v) is 6.03. The molecule has 4 heteroatoms. The molecule has 3 N–H and O–H groups in total. The normalized spacial score (nSPS) is 21.1. The Bertz CT molecular complexity index is 533. The van der Waals surface area contributed by atoms with Crippen LogP contribution in [0.5, 0.6) is 0 Å². The topological polar surface area (TPSA) is 55.1 Å². The predicted octanol–water partition coefficient (Wildman–Crippen LogP) is 2.01. The highest BCUT2D eigenvalue weighted by atomic mass is 32.2. The van der Waals surface area contributed by atoms with Crippen LogP contribution < -0.4 is 11.1 Å². The van der Waals surface area contributed by atoms with Crippen molar-refractivity contribution in [1.82, 2.24) is 5.32 Å². The second kappa shape index (κ2) is 7.37. The fraction of sp³-hybridized carbons (Fsp3) is 0.438. The van der Waals surface area contributed by atoms with Gasteiger partial charge in [0.25, 0.3) is 5.91 Å². The monoisotopic (exact) mass is 288 g/mol. The minimum Gasteiger partial charge on any atom is -0.349 e. The molecule has 1 amide bonds. The molecule has 0 heterocycles. The van der Waals surface area contributed by atoms with Crippen LogP contribution >= 0.6 is 11.8 Å². The molecule has 2 rings (SSSR count). The third-order valence-corrected chi connectivity index (χ3v) is 4.64. The van der Waals surface area contributed by atoms with E-state index < -0.39 is 0 Å². The Morgan fingerprint density at radius 1 is 1.45 bits per heavy atom. The fourth-order valence-electron chi connectivity index (χ4n) is 2.48. The molecular formula is C16H20N2OS. The SMILES string of the molecule is CSC1CCC(NC(=O)c2ccccc2C#CCN)C1. The fourth-order valence-corrected chi connectivity index (χ4v) is 3.28. The van der Waals surface area contributed by atoms with Crippen LogP contribution in [0.15, 0.2) is 24.3 Å². The van der Waals surface area contributed by atoms with Gasteiger partial charge in [-0.3, -0.25) is 4.79 Å². The summed E-state index contributed by atoms with van der Waals surface area (Å²) in [7, 11) is 0. The zero-order chi connectivity index (χ0) is 14.4. The van der Waals surface area contributed by atoms with Gasteiger partial charge < -0.3 is 11.1 Å². The lowest BCUT2D eigenvalue weighted by Gasteiger charge is -2.13. The van der Waals surface area contributed by atoms with E-state index in [1.165, 1.54) is 6.42 Å². The van der Waals surface area contributed by atoms with E-state index in [-0.39, 0.29) is 11.9 Å². The first-order valence-corrected chi connectivity index (χ1v) is 8.15. The molecule has 3 nitrogen and oxygen atoms in total. The van der Waals surface area contributed by atoms with E-state index in [9.17, 15) is 4.79 Å². The largest absolute Gasteiger partial charge is 0.349 e. The molecule has 1 aromatic carbocycles. The summed E-state index contributed by atoms with van der Waals surface area (Å²) in [6.45, 7) is 0.300. The molecule has 1 aliphatic rings. The summed E-state index contributed by atoms with van der Waals surface area (Å²) in [5.41, 5.74) is 6.77. The predicted molar refractivity (Wildman–Crippen MR) is 84.8 cm³/mol. The van der Waals surface area contributed by atoms with Crippen LogP contribution in [0.2, 0.25) is 0 Å². The van der Waals surface area contributed by atoms with E-state index in [2.05, 4.69) is 23.4 Å². The van der Waals surface area contributed by atoms with E-state index in [0.717, 1.165) is 18.4 Å². The molecule has 2 atom stereocenters. The number of hydrogen-bond acceptors (Lipinski definition) is 3. The van der Waals surface area contributed by atoms with Crippen molar-refractivity contribution in [3.63, 3.8) is 0 Å². The summed E-state index contributed by atoms with van der Waals surface area (Å²) >= 11 is 1.89. The Morgan fingerprint density at radius 2 is 2.25 bits per heavy atom. The number of nitrogens with two attached hydrogens (primary N) is 1. The van der Waals surface area contributed by atoms with Gasteiger partial charge in [0.05, 0.1) is 12.1 Å². The van der Waals surface area contributed by atoms with Gasteiger partial charge in [-0.25, -0.2) is 0 Å². The Balaban J connectivity index is 2.06. The average molecular weight is 288 g/mol. The Hall–Kier alpha value is -1.44. The number of thioether (sulfide) groups is 1. The van der Waals surface area contributed by atoms with Gasteiger partial charge in [-0.2, -0.15) is 11.8 Å². The third kappa shape index (κ3) is 3.78. The van der Waals surface area contributed by atoms with Crippen LogP contribution in [-0.4, -0.2) is 30.0 Å². The highest BCUT2D eigenvalue weighted by Gasteiger charge is 2.25. The lowest BCUT2D eigenvalue weighted by Crippen LogP contribution is -2.33. The standard InChI is InChI=1S/C16H20N2OS/c1-20-14-9-8-13(11-14)18-16(19)15-7-3-2-5-12(15)6-4-10-17/h2-3,5,7,13-14H,8-11,17H2,1H3,(H,18,19). The maximum absolute atomic E-state index is 12.4. The number of carbonyl (C=O) groups excluding carboxylic acids is 1. The van der Waals surface area contributed by atoms with Gasteiger partial charge in [0.1, 0.15) is 0 Å². The average Bonchev–Trinajstić information content (AvgIpc) is 2.93. The number of carbonyl (C=O) groups is 1. The molecule has 0 saturated heterocycles. The van der Waals surface area contributed by atoms with Crippen LogP contribution in [0.3, 0.4) is 0 Å². The van der Waals surface area contributed by atoms with Gasteiger partial charge in [-0.05, 0) is 37.7 Å². The van der Waals surface area contributed by atoms with Crippen molar-refractivity contribution in [2.75, 3.05) is 12.8 Å². The van der Waals surface area contributed by atoms with Crippen LogP contribution in [0.1, 0.15) is 35.2 Å². The molecule has 20 heavy (non-hydrogen) atoms. The quantitative estimate of drug-likeness (QED) is 0.837. The first-order valence-electron chi connectivity index (χ1n) is 6.86. The molecule has 1 fully saturated rings. The molecule has 0 bridgehead atoms. The van der Waals surface area contributed by atoms with Crippen molar-refractivity contribution in [1.29, 1.82) is 0 Å². The van der Waals surface area contributed by atoms with Crippen molar-refractivity contribution in [3.05, 3.63) is 35.4 Å². The first kappa shape index (κ1) is 15.0. The van der Waals surface area contributed by atoms with Gasteiger partial charge in [0.2, 0.25) is 0 Å². The minimum atomic E-state index is -0.0290. The molecule has 1 aliphatic carbocycles. The molecule has 1 saturated carbocycles. The molecule has 1 aromatic rings. The van der Waals surface area contributed by atoms with Crippen LogP contribution in [0.4, 0.5) is 0 Å². The van der Waals surface area contributed by atoms with E-state index >= 15 is 0 Å².